The van der Waals surface area contributed by atoms with Crippen LogP contribution in [-0.4, -0.2) is 7.11 Å². The van der Waals surface area contributed by atoms with Gasteiger partial charge in [0.1, 0.15) is 5.75 Å². The van der Waals surface area contributed by atoms with E-state index >= 15 is 0 Å². The molecule has 2 aromatic rings. The van der Waals surface area contributed by atoms with Gasteiger partial charge in [-0.1, -0.05) is 11.6 Å². The van der Waals surface area contributed by atoms with E-state index in [2.05, 4.69) is 10.8 Å². The highest BCUT2D eigenvalue weighted by atomic mass is 35.5. The largest absolute Gasteiger partial charge is 0.496 e. The lowest BCUT2D eigenvalue weighted by molar-refractivity contribution is 0.413. The van der Waals surface area contributed by atoms with Crippen LogP contribution in [0.4, 0.5) is 0 Å². The highest BCUT2D eigenvalue weighted by molar-refractivity contribution is 7.08. The van der Waals surface area contributed by atoms with Crippen LogP contribution in [0.3, 0.4) is 0 Å². The molecule has 0 saturated heterocycles. The van der Waals surface area contributed by atoms with Crippen LogP contribution in [0, 0.1) is 6.92 Å². The Morgan fingerprint density at radius 3 is 2.71 bits per heavy atom. The number of rotatable bonds is 3. The molecule has 1 aromatic heterocycles. The van der Waals surface area contributed by atoms with E-state index in [1.807, 2.05) is 19.1 Å². The van der Waals surface area contributed by atoms with E-state index < -0.39 is 0 Å². The molecule has 0 bridgehead atoms. The van der Waals surface area contributed by atoms with E-state index in [0.29, 0.717) is 11.6 Å². The monoisotopic (exact) mass is 267 g/mol. The van der Waals surface area contributed by atoms with Crippen LogP contribution in [-0.2, 0) is 6.54 Å². The van der Waals surface area contributed by atoms with Crippen molar-refractivity contribution in [1.29, 1.82) is 0 Å². The fourth-order valence-electron chi connectivity index (χ4n) is 1.92. The zero-order valence-corrected chi connectivity index (χ0v) is 11.4. The molecule has 0 radical (unpaired) electrons. The third-order valence-electron chi connectivity index (χ3n) is 2.70. The minimum Gasteiger partial charge on any atom is -0.496 e. The number of thiophene rings is 1. The van der Waals surface area contributed by atoms with Crippen molar-refractivity contribution >= 4 is 22.9 Å². The molecule has 0 amide bonds. The summed E-state index contributed by atoms with van der Waals surface area (Å²) in [5.74, 6) is 0.863. The van der Waals surface area contributed by atoms with Gasteiger partial charge in [-0.25, -0.2) is 0 Å². The maximum Gasteiger partial charge on any atom is 0.129 e. The Morgan fingerprint density at radius 2 is 2.06 bits per heavy atom. The third kappa shape index (κ3) is 2.32. The molecule has 0 aliphatic heterocycles. The van der Waals surface area contributed by atoms with Crippen LogP contribution in [0.1, 0.15) is 11.1 Å². The van der Waals surface area contributed by atoms with Gasteiger partial charge in [0.05, 0.1) is 7.11 Å². The topological polar surface area (TPSA) is 35.2 Å². The number of ether oxygens (including phenoxy) is 1. The zero-order chi connectivity index (χ0) is 12.4. The van der Waals surface area contributed by atoms with E-state index in [4.69, 9.17) is 22.1 Å². The lowest BCUT2D eigenvalue weighted by atomic mass is 10.0. The fourth-order valence-corrected chi connectivity index (χ4v) is 3.06. The highest BCUT2D eigenvalue weighted by Gasteiger charge is 2.13. The molecule has 17 heavy (non-hydrogen) atoms. The van der Waals surface area contributed by atoms with Crippen LogP contribution in [0.2, 0.25) is 5.02 Å². The Hall–Kier alpha value is -1.03. The van der Waals surface area contributed by atoms with Crippen LogP contribution >= 0.6 is 22.9 Å². The summed E-state index contributed by atoms with van der Waals surface area (Å²) in [5.41, 5.74) is 10.0. The first-order valence-electron chi connectivity index (χ1n) is 5.27. The second kappa shape index (κ2) is 5.08. The molecule has 0 unspecified atom stereocenters. The summed E-state index contributed by atoms with van der Waals surface area (Å²) in [7, 11) is 1.67. The number of hydrogen-bond donors (Lipinski definition) is 1. The predicted octanol–water partition coefficient (Wildman–Crippen LogP) is 3.84. The first kappa shape index (κ1) is 12.4. The summed E-state index contributed by atoms with van der Waals surface area (Å²) in [6.07, 6.45) is 0. The highest BCUT2D eigenvalue weighted by Crippen LogP contribution is 2.38. The second-order valence-electron chi connectivity index (χ2n) is 3.82. The van der Waals surface area contributed by atoms with E-state index in [-0.39, 0.29) is 0 Å². The van der Waals surface area contributed by atoms with Crippen LogP contribution in [0.25, 0.3) is 11.1 Å². The van der Waals surface area contributed by atoms with Crippen molar-refractivity contribution in [3.8, 4) is 16.9 Å². The molecule has 2 N–H and O–H groups in total. The van der Waals surface area contributed by atoms with Gasteiger partial charge in [-0.15, -0.1) is 0 Å². The molecule has 4 heteroatoms. The molecule has 2 nitrogen and oxygen atoms in total. The van der Waals surface area contributed by atoms with Crippen molar-refractivity contribution in [2.45, 2.75) is 13.5 Å². The van der Waals surface area contributed by atoms with Gasteiger partial charge in [0.2, 0.25) is 0 Å². The smallest absolute Gasteiger partial charge is 0.129 e. The van der Waals surface area contributed by atoms with Gasteiger partial charge >= 0.3 is 0 Å². The molecule has 90 valence electrons. The maximum absolute atomic E-state index is 6.11. The Bertz CT molecular complexity index is 536. The SMILES string of the molecule is COc1c(C)cc(Cl)cc1-c1cscc1CN. The maximum atomic E-state index is 6.11. The summed E-state index contributed by atoms with van der Waals surface area (Å²) in [4.78, 5) is 0. The summed E-state index contributed by atoms with van der Waals surface area (Å²) in [5, 5.41) is 4.85. The van der Waals surface area contributed by atoms with Gasteiger partial charge in [-0.3, -0.25) is 0 Å². The van der Waals surface area contributed by atoms with Crippen molar-refractivity contribution in [3.05, 3.63) is 39.0 Å². The quantitative estimate of drug-likeness (QED) is 0.917. The molecular formula is C13H14ClNOS. The van der Waals surface area contributed by atoms with Gasteiger partial charge in [-0.2, -0.15) is 11.3 Å². The minimum atomic E-state index is 0.521. The molecule has 1 heterocycles. The molecule has 0 aliphatic rings. The Morgan fingerprint density at radius 1 is 1.29 bits per heavy atom. The molecular weight excluding hydrogens is 254 g/mol. The molecule has 2 rings (SSSR count). The Kier molecular flexibility index (Phi) is 3.72. The number of hydrogen-bond acceptors (Lipinski definition) is 3. The lowest BCUT2D eigenvalue weighted by Crippen LogP contribution is -1.98. The van der Waals surface area contributed by atoms with Gasteiger partial charge in [0.25, 0.3) is 0 Å². The normalized spacial score (nSPS) is 10.6. The summed E-state index contributed by atoms with van der Waals surface area (Å²) in [6, 6.07) is 3.83. The average Bonchev–Trinajstić information content (AvgIpc) is 2.75. The number of methoxy groups -OCH3 is 1. The lowest BCUT2D eigenvalue weighted by Gasteiger charge is -2.12. The summed E-state index contributed by atoms with van der Waals surface area (Å²) in [6.45, 7) is 2.51. The van der Waals surface area contributed by atoms with Crippen molar-refractivity contribution in [2.24, 2.45) is 5.73 Å². The molecule has 0 aliphatic carbocycles. The molecule has 0 fully saturated rings. The van der Waals surface area contributed by atoms with E-state index in [1.165, 1.54) is 0 Å². The Labute approximate surface area is 110 Å². The van der Waals surface area contributed by atoms with E-state index in [0.717, 1.165) is 28.0 Å². The van der Waals surface area contributed by atoms with E-state index in [9.17, 15) is 0 Å². The first-order chi connectivity index (χ1) is 8.17. The standard InChI is InChI=1S/C13H14ClNOS/c1-8-3-10(14)4-11(13(8)16-2)12-7-17-6-9(12)5-15/h3-4,6-7H,5,15H2,1-2H3. The molecule has 0 atom stereocenters. The van der Waals surface area contributed by atoms with Crippen molar-refractivity contribution < 1.29 is 4.74 Å². The number of benzene rings is 1. The second-order valence-corrected chi connectivity index (χ2v) is 5.00. The van der Waals surface area contributed by atoms with Gasteiger partial charge < -0.3 is 10.5 Å². The van der Waals surface area contributed by atoms with Gasteiger partial charge in [0, 0.05) is 22.7 Å². The fraction of sp³-hybridized carbons (Fsp3) is 0.231. The van der Waals surface area contributed by atoms with Crippen molar-refractivity contribution in [2.75, 3.05) is 7.11 Å². The van der Waals surface area contributed by atoms with Crippen LogP contribution < -0.4 is 10.5 Å². The number of halogens is 1. The van der Waals surface area contributed by atoms with E-state index in [1.54, 1.807) is 18.4 Å². The van der Waals surface area contributed by atoms with Gasteiger partial charge in [-0.05, 0) is 40.9 Å². The molecule has 1 aromatic carbocycles. The van der Waals surface area contributed by atoms with Gasteiger partial charge in [0.15, 0.2) is 0 Å². The number of aryl methyl sites for hydroxylation is 1. The van der Waals surface area contributed by atoms with Crippen LogP contribution in [0.15, 0.2) is 22.9 Å². The minimum absolute atomic E-state index is 0.521. The molecule has 0 spiro atoms. The first-order valence-corrected chi connectivity index (χ1v) is 6.59. The zero-order valence-electron chi connectivity index (χ0n) is 9.79. The molecule has 0 saturated carbocycles. The van der Waals surface area contributed by atoms with Crippen molar-refractivity contribution in [3.63, 3.8) is 0 Å². The van der Waals surface area contributed by atoms with Crippen LogP contribution in [0.5, 0.6) is 5.75 Å². The number of nitrogens with two attached hydrogens (primary N) is 1. The average molecular weight is 268 g/mol. The summed E-state index contributed by atoms with van der Waals surface area (Å²) >= 11 is 7.75. The van der Waals surface area contributed by atoms with Crippen molar-refractivity contribution in [1.82, 2.24) is 0 Å². The summed E-state index contributed by atoms with van der Waals surface area (Å²) < 4.78 is 5.46. The Balaban J connectivity index is 2.66. The third-order valence-corrected chi connectivity index (χ3v) is 3.71. The predicted molar refractivity (Wildman–Crippen MR) is 73.9 cm³/mol.